The summed E-state index contributed by atoms with van der Waals surface area (Å²) >= 11 is 0. The second-order valence-corrected chi connectivity index (χ2v) is 3.66. The summed E-state index contributed by atoms with van der Waals surface area (Å²) in [7, 11) is 0. The Kier molecular flexibility index (Phi) is 2.88. The molecule has 2 aromatic carbocycles. The van der Waals surface area contributed by atoms with E-state index in [9.17, 15) is 4.39 Å². The molecule has 0 saturated carbocycles. The predicted molar refractivity (Wildman–Crippen MR) is 63.3 cm³/mol. The molecule has 82 valence electrons. The van der Waals surface area contributed by atoms with Gasteiger partial charge in [0.05, 0.1) is 6.04 Å². The maximum absolute atomic E-state index is 12.9. The first-order chi connectivity index (χ1) is 7.68. The number of nitrogen functional groups attached to an aromatic ring is 1. The van der Waals surface area contributed by atoms with Crippen molar-refractivity contribution in [3.8, 4) is 0 Å². The van der Waals surface area contributed by atoms with E-state index in [0.717, 1.165) is 11.1 Å². The average molecular weight is 216 g/mol. The van der Waals surface area contributed by atoms with Crippen LogP contribution in [0.4, 0.5) is 10.1 Å². The van der Waals surface area contributed by atoms with Gasteiger partial charge >= 0.3 is 0 Å². The Hall–Kier alpha value is -1.87. The van der Waals surface area contributed by atoms with Gasteiger partial charge in [-0.25, -0.2) is 4.39 Å². The highest BCUT2D eigenvalue weighted by molar-refractivity contribution is 5.51. The van der Waals surface area contributed by atoms with E-state index in [0.29, 0.717) is 5.69 Å². The number of hydrogen-bond donors (Lipinski definition) is 2. The molecule has 0 aliphatic heterocycles. The second-order valence-electron chi connectivity index (χ2n) is 3.66. The molecule has 0 aliphatic rings. The van der Waals surface area contributed by atoms with Gasteiger partial charge in [0.15, 0.2) is 0 Å². The van der Waals surface area contributed by atoms with Gasteiger partial charge in [-0.3, -0.25) is 0 Å². The minimum atomic E-state index is -0.346. The fourth-order valence-corrected chi connectivity index (χ4v) is 1.67. The van der Waals surface area contributed by atoms with Crippen LogP contribution < -0.4 is 11.5 Å². The van der Waals surface area contributed by atoms with Crippen molar-refractivity contribution in [2.24, 2.45) is 5.73 Å². The maximum atomic E-state index is 12.9. The van der Waals surface area contributed by atoms with Gasteiger partial charge in [-0.15, -0.1) is 0 Å². The van der Waals surface area contributed by atoms with Gasteiger partial charge in [-0.1, -0.05) is 36.4 Å². The van der Waals surface area contributed by atoms with Crippen LogP contribution in [0.1, 0.15) is 17.2 Å². The Morgan fingerprint density at radius 1 is 1.00 bits per heavy atom. The lowest BCUT2D eigenvalue weighted by molar-refractivity contribution is 0.627. The van der Waals surface area contributed by atoms with E-state index in [1.54, 1.807) is 6.07 Å². The van der Waals surface area contributed by atoms with Crippen molar-refractivity contribution in [2.75, 3.05) is 5.73 Å². The van der Waals surface area contributed by atoms with Crippen LogP contribution in [0.2, 0.25) is 0 Å². The molecule has 0 heterocycles. The van der Waals surface area contributed by atoms with E-state index in [1.807, 2.05) is 30.3 Å². The van der Waals surface area contributed by atoms with Crippen molar-refractivity contribution >= 4 is 5.69 Å². The molecule has 0 bridgehead atoms. The van der Waals surface area contributed by atoms with Crippen LogP contribution in [0.3, 0.4) is 0 Å². The summed E-state index contributed by atoms with van der Waals surface area (Å²) in [4.78, 5) is 0. The number of hydrogen-bond acceptors (Lipinski definition) is 2. The SMILES string of the molecule is Nc1cc(F)ccc1C(N)c1ccccc1. The van der Waals surface area contributed by atoms with Gasteiger partial charge in [-0.05, 0) is 23.3 Å². The van der Waals surface area contributed by atoms with Crippen molar-refractivity contribution in [2.45, 2.75) is 6.04 Å². The summed E-state index contributed by atoms with van der Waals surface area (Å²) in [6.45, 7) is 0. The molecule has 0 aliphatic carbocycles. The second kappa shape index (κ2) is 4.33. The molecule has 0 amide bonds. The zero-order valence-corrected chi connectivity index (χ0v) is 8.73. The summed E-state index contributed by atoms with van der Waals surface area (Å²) in [6, 6.07) is 13.6. The van der Waals surface area contributed by atoms with Gasteiger partial charge in [0.1, 0.15) is 5.82 Å². The van der Waals surface area contributed by atoms with Gasteiger partial charge in [0.2, 0.25) is 0 Å². The molecule has 0 aromatic heterocycles. The first-order valence-corrected chi connectivity index (χ1v) is 5.04. The predicted octanol–water partition coefficient (Wildman–Crippen LogP) is 2.46. The zero-order valence-electron chi connectivity index (χ0n) is 8.73. The van der Waals surface area contributed by atoms with Crippen molar-refractivity contribution in [1.82, 2.24) is 0 Å². The molecule has 3 heteroatoms. The van der Waals surface area contributed by atoms with Crippen LogP contribution in [0, 0.1) is 5.82 Å². The van der Waals surface area contributed by atoms with E-state index in [2.05, 4.69) is 0 Å². The van der Waals surface area contributed by atoms with E-state index >= 15 is 0 Å². The van der Waals surface area contributed by atoms with E-state index in [1.165, 1.54) is 12.1 Å². The standard InChI is InChI=1S/C13H13FN2/c14-10-6-7-11(12(15)8-10)13(16)9-4-2-1-3-5-9/h1-8,13H,15-16H2. The zero-order chi connectivity index (χ0) is 11.5. The van der Waals surface area contributed by atoms with Crippen molar-refractivity contribution in [3.05, 3.63) is 65.5 Å². The van der Waals surface area contributed by atoms with Gasteiger partial charge in [-0.2, -0.15) is 0 Å². The summed E-state index contributed by atoms with van der Waals surface area (Å²) in [5, 5.41) is 0. The van der Waals surface area contributed by atoms with Gasteiger partial charge in [0.25, 0.3) is 0 Å². The van der Waals surface area contributed by atoms with Crippen LogP contribution >= 0.6 is 0 Å². The highest BCUT2D eigenvalue weighted by Gasteiger charge is 2.11. The quantitative estimate of drug-likeness (QED) is 0.757. The molecule has 1 unspecified atom stereocenters. The smallest absolute Gasteiger partial charge is 0.125 e. The fraction of sp³-hybridized carbons (Fsp3) is 0.0769. The third kappa shape index (κ3) is 2.04. The van der Waals surface area contributed by atoms with Crippen LogP contribution in [-0.4, -0.2) is 0 Å². The van der Waals surface area contributed by atoms with Crippen LogP contribution in [0.15, 0.2) is 48.5 Å². The maximum Gasteiger partial charge on any atom is 0.125 e. The number of nitrogens with two attached hydrogens (primary N) is 2. The average Bonchev–Trinajstić information content (AvgIpc) is 2.29. The number of halogens is 1. The molecule has 0 radical (unpaired) electrons. The Morgan fingerprint density at radius 2 is 1.69 bits per heavy atom. The molecule has 2 rings (SSSR count). The van der Waals surface area contributed by atoms with Crippen molar-refractivity contribution in [3.63, 3.8) is 0 Å². The van der Waals surface area contributed by atoms with E-state index in [-0.39, 0.29) is 11.9 Å². The van der Waals surface area contributed by atoms with Crippen LogP contribution in [-0.2, 0) is 0 Å². The summed E-state index contributed by atoms with van der Waals surface area (Å²) in [6.07, 6.45) is 0. The molecule has 1 atom stereocenters. The van der Waals surface area contributed by atoms with Crippen LogP contribution in [0.25, 0.3) is 0 Å². The molecular weight excluding hydrogens is 203 g/mol. The monoisotopic (exact) mass is 216 g/mol. The lowest BCUT2D eigenvalue weighted by Gasteiger charge is -2.14. The van der Waals surface area contributed by atoms with Crippen molar-refractivity contribution < 1.29 is 4.39 Å². The van der Waals surface area contributed by atoms with Gasteiger partial charge < -0.3 is 11.5 Å². The lowest BCUT2D eigenvalue weighted by Crippen LogP contribution is -2.13. The molecule has 0 saturated heterocycles. The summed E-state index contributed by atoms with van der Waals surface area (Å²) in [5.74, 6) is -0.346. The van der Waals surface area contributed by atoms with Crippen molar-refractivity contribution in [1.29, 1.82) is 0 Å². The normalized spacial score (nSPS) is 12.4. The number of rotatable bonds is 2. The molecule has 16 heavy (non-hydrogen) atoms. The lowest BCUT2D eigenvalue weighted by atomic mass is 9.98. The summed E-state index contributed by atoms with van der Waals surface area (Å²) in [5.41, 5.74) is 13.9. The first-order valence-electron chi connectivity index (χ1n) is 5.04. The molecule has 0 spiro atoms. The largest absolute Gasteiger partial charge is 0.398 e. The number of benzene rings is 2. The Labute approximate surface area is 93.7 Å². The number of anilines is 1. The first kappa shape index (κ1) is 10.6. The fourth-order valence-electron chi connectivity index (χ4n) is 1.67. The van der Waals surface area contributed by atoms with Gasteiger partial charge in [0, 0.05) is 5.69 Å². The summed E-state index contributed by atoms with van der Waals surface area (Å²) < 4.78 is 12.9. The minimum absolute atomic E-state index is 0.318. The van der Waals surface area contributed by atoms with E-state index < -0.39 is 0 Å². The molecule has 2 nitrogen and oxygen atoms in total. The third-order valence-electron chi connectivity index (χ3n) is 2.54. The van der Waals surface area contributed by atoms with E-state index in [4.69, 9.17) is 11.5 Å². The molecule has 2 aromatic rings. The third-order valence-corrected chi connectivity index (χ3v) is 2.54. The Balaban J connectivity index is 2.38. The Bertz CT molecular complexity index is 483. The highest BCUT2D eigenvalue weighted by Crippen LogP contribution is 2.24. The Morgan fingerprint density at radius 3 is 2.31 bits per heavy atom. The molecule has 4 N–H and O–H groups in total. The molecular formula is C13H13FN2. The topological polar surface area (TPSA) is 52.0 Å². The highest BCUT2D eigenvalue weighted by atomic mass is 19.1. The molecule has 0 fully saturated rings. The van der Waals surface area contributed by atoms with Crippen LogP contribution in [0.5, 0.6) is 0 Å². The minimum Gasteiger partial charge on any atom is -0.398 e.